The number of rotatable bonds is 12. The number of hydrogen-bond acceptors (Lipinski definition) is 7. The number of hydrogen-bond donors (Lipinski definition) is 4. The third kappa shape index (κ3) is 7.27. The highest BCUT2D eigenvalue weighted by Crippen LogP contribution is 2.27. The lowest BCUT2D eigenvalue weighted by atomic mass is 10.0. The molecule has 0 amide bonds. The Morgan fingerprint density at radius 1 is 1.21 bits per heavy atom. The second kappa shape index (κ2) is 12.3. The summed E-state index contributed by atoms with van der Waals surface area (Å²) in [5, 5.41) is 29.6. The van der Waals surface area contributed by atoms with Crippen molar-refractivity contribution in [2.45, 2.75) is 95.6 Å². The van der Waals surface area contributed by atoms with Gasteiger partial charge in [-0.15, -0.1) is 0 Å². The standard InChI is InChI=1S/C25H35NO8/c1-15(8-4-3-5-9-17(27)12-23(29)30)32-25-21(28)13-22(16(2)33-25)34-24(31)19-14-26-20-11-7-6-10-18(19)20/h6-7,10-11,14-17,21-22,25-28H,3-5,8-9,12-13H2,1-2H3,(H,29,30)/t15-,16+,17-,21-,22-,25-/m1/s1. The first-order chi connectivity index (χ1) is 16.2. The Hall–Kier alpha value is -2.46. The molecule has 0 bridgehead atoms. The number of fused-ring (bicyclic) bond motifs is 1. The van der Waals surface area contributed by atoms with Crippen molar-refractivity contribution < 1.29 is 39.1 Å². The zero-order valence-corrected chi connectivity index (χ0v) is 19.7. The first-order valence-corrected chi connectivity index (χ1v) is 11.9. The molecule has 2 heterocycles. The Morgan fingerprint density at radius 3 is 2.71 bits per heavy atom. The molecule has 4 N–H and O–H groups in total. The number of carbonyl (C=O) groups is 2. The van der Waals surface area contributed by atoms with Crippen molar-refractivity contribution >= 4 is 22.8 Å². The maximum atomic E-state index is 12.7. The van der Waals surface area contributed by atoms with Crippen molar-refractivity contribution in [2.24, 2.45) is 0 Å². The van der Waals surface area contributed by atoms with Crippen LogP contribution in [0.1, 0.15) is 69.2 Å². The number of esters is 1. The fraction of sp³-hybridized carbons (Fsp3) is 0.600. The Morgan fingerprint density at radius 2 is 1.94 bits per heavy atom. The first kappa shape index (κ1) is 26.2. The lowest BCUT2D eigenvalue weighted by Crippen LogP contribution is -2.49. The maximum absolute atomic E-state index is 12.7. The van der Waals surface area contributed by atoms with Gasteiger partial charge < -0.3 is 34.5 Å². The molecular weight excluding hydrogens is 442 g/mol. The molecule has 0 radical (unpaired) electrons. The third-order valence-corrected chi connectivity index (χ3v) is 6.15. The summed E-state index contributed by atoms with van der Waals surface area (Å²) in [6, 6.07) is 7.47. The molecule has 0 unspecified atom stereocenters. The van der Waals surface area contributed by atoms with Gasteiger partial charge in [0.25, 0.3) is 0 Å². The van der Waals surface area contributed by atoms with Crippen molar-refractivity contribution in [3.8, 4) is 0 Å². The predicted molar refractivity (Wildman–Crippen MR) is 124 cm³/mol. The minimum absolute atomic E-state index is 0.152. The number of carboxylic acid groups (broad SMARTS) is 1. The summed E-state index contributed by atoms with van der Waals surface area (Å²) in [5.41, 5.74) is 1.29. The van der Waals surface area contributed by atoms with Gasteiger partial charge in [0.1, 0.15) is 12.2 Å². The molecule has 1 aliphatic rings. The molecular formula is C25H35NO8. The van der Waals surface area contributed by atoms with E-state index in [1.807, 2.05) is 31.2 Å². The van der Waals surface area contributed by atoms with E-state index in [0.717, 1.165) is 36.6 Å². The third-order valence-electron chi connectivity index (χ3n) is 6.15. The fourth-order valence-electron chi connectivity index (χ4n) is 4.23. The highest BCUT2D eigenvalue weighted by Gasteiger charge is 2.38. The molecule has 188 valence electrons. The maximum Gasteiger partial charge on any atom is 0.340 e. The van der Waals surface area contributed by atoms with Crippen molar-refractivity contribution in [3.05, 3.63) is 36.0 Å². The molecule has 1 fully saturated rings. The Labute approximate surface area is 199 Å². The molecule has 34 heavy (non-hydrogen) atoms. The van der Waals surface area contributed by atoms with Crippen LogP contribution in [0.25, 0.3) is 10.9 Å². The van der Waals surface area contributed by atoms with E-state index >= 15 is 0 Å². The smallest absolute Gasteiger partial charge is 0.340 e. The lowest BCUT2D eigenvalue weighted by molar-refractivity contribution is -0.273. The molecule has 2 aromatic rings. The molecule has 1 aromatic heterocycles. The number of aromatic nitrogens is 1. The van der Waals surface area contributed by atoms with Gasteiger partial charge in [-0.2, -0.15) is 0 Å². The van der Waals surface area contributed by atoms with Gasteiger partial charge >= 0.3 is 11.9 Å². The largest absolute Gasteiger partial charge is 0.481 e. The molecule has 3 rings (SSSR count). The average Bonchev–Trinajstić information content (AvgIpc) is 3.20. The number of para-hydroxylation sites is 1. The van der Waals surface area contributed by atoms with Gasteiger partial charge in [0.05, 0.1) is 30.3 Å². The van der Waals surface area contributed by atoms with Crippen molar-refractivity contribution in [3.63, 3.8) is 0 Å². The predicted octanol–water partition coefficient (Wildman–Crippen LogP) is 3.38. The topological polar surface area (TPSA) is 138 Å². The van der Waals surface area contributed by atoms with Crippen LogP contribution in [-0.4, -0.2) is 69.1 Å². The Bertz CT molecular complexity index is 944. The normalized spacial score (nSPS) is 24.6. The van der Waals surface area contributed by atoms with Gasteiger partial charge in [0.15, 0.2) is 6.29 Å². The number of carbonyl (C=O) groups excluding carboxylic acids is 1. The molecule has 9 nitrogen and oxygen atoms in total. The van der Waals surface area contributed by atoms with E-state index in [2.05, 4.69) is 4.98 Å². The number of ether oxygens (including phenoxy) is 3. The summed E-state index contributed by atoms with van der Waals surface area (Å²) < 4.78 is 17.4. The molecule has 1 saturated heterocycles. The summed E-state index contributed by atoms with van der Waals surface area (Å²) in [5.74, 6) is -1.46. The van der Waals surface area contributed by atoms with Gasteiger partial charge in [-0.3, -0.25) is 4.79 Å². The van der Waals surface area contributed by atoms with Crippen LogP contribution in [0.5, 0.6) is 0 Å². The van der Waals surface area contributed by atoms with E-state index in [1.54, 1.807) is 13.1 Å². The summed E-state index contributed by atoms with van der Waals surface area (Å²) in [7, 11) is 0. The monoisotopic (exact) mass is 477 g/mol. The number of aliphatic hydroxyl groups is 2. The van der Waals surface area contributed by atoms with Gasteiger partial charge in [0.2, 0.25) is 0 Å². The number of unbranched alkanes of at least 4 members (excludes halogenated alkanes) is 2. The van der Waals surface area contributed by atoms with Gasteiger partial charge in [-0.25, -0.2) is 4.79 Å². The highest BCUT2D eigenvalue weighted by atomic mass is 16.7. The molecule has 0 aliphatic carbocycles. The number of nitrogens with one attached hydrogen (secondary N) is 1. The van der Waals surface area contributed by atoms with E-state index < -0.39 is 42.6 Å². The number of aliphatic hydroxyl groups excluding tert-OH is 2. The Kier molecular flexibility index (Phi) is 9.46. The SMILES string of the molecule is C[C@H](CCCCC[C@@H](O)CC(=O)O)O[C@@H]1O[C@@H](C)[C@H](OC(=O)c2c[nH]c3ccccc23)C[C@H]1O. The number of H-pyrrole nitrogens is 1. The quantitative estimate of drug-likeness (QED) is 0.270. The number of aromatic amines is 1. The van der Waals surface area contributed by atoms with E-state index in [9.17, 15) is 19.8 Å². The zero-order chi connectivity index (χ0) is 24.7. The van der Waals surface area contributed by atoms with Gasteiger partial charge in [-0.05, 0) is 32.8 Å². The number of aliphatic carboxylic acids is 1. The van der Waals surface area contributed by atoms with Gasteiger partial charge in [0, 0.05) is 23.5 Å². The van der Waals surface area contributed by atoms with Crippen LogP contribution in [0.3, 0.4) is 0 Å². The molecule has 6 atom stereocenters. The second-order valence-corrected chi connectivity index (χ2v) is 9.04. The summed E-state index contributed by atoms with van der Waals surface area (Å²) in [4.78, 5) is 26.3. The average molecular weight is 478 g/mol. The van der Waals surface area contributed by atoms with Crippen molar-refractivity contribution in [1.29, 1.82) is 0 Å². The van der Waals surface area contributed by atoms with E-state index in [1.165, 1.54) is 0 Å². The van der Waals surface area contributed by atoms with Crippen LogP contribution in [0, 0.1) is 0 Å². The minimum Gasteiger partial charge on any atom is -0.481 e. The van der Waals surface area contributed by atoms with Crippen LogP contribution in [0.4, 0.5) is 0 Å². The lowest BCUT2D eigenvalue weighted by Gasteiger charge is -2.38. The van der Waals surface area contributed by atoms with E-state index in [0.29, 0.717) is 12.0 Å². The summed E-state index contributed by atoms with van der Waals surface area (Å²) in [6.07, 6.45) is 1.54. The van der Waals surface area contributed by atoms with Crippen LogP contribution in [0.2, 0.25) is 0 Å². The molecule has 9 heteroatoms. The Balaban J connectivity index is 1.40. The van der Waals surface area contributed by atoms with Gasteiger partial charge in [-0.1, -0.05) is 37.5 Å². The van der Waals surface area contributed by atoms with E-state index in [-0.39, 0.29) is 18.9 Å². The van der Waals surface area contributed by atoms with Crippen molar-refractivity contribution in [2.75, 3.05) is 0 Å². The van der Waals surface area contributed by atoms with Crippen molar-refractivity contribution in [1.82, 2.24) is 4.98 Å². The molecule has 0 spiro atoms. The zero-order valence-electron chi connectivity index (χ0n) is 19.7. The van der Waals surface area contributed by atoms with E-state index in [4.69, 9.17) is 19.3 Å². The molecule has 0 saturated carbocycles. The second-order valence-electron chi connectivity index (χ2n) is 9.04. The van der Waals surface area contributed by atoms with Crippen LogP contribution in [-0.2, 0) is 19.0 Å². The van der Waals surface area contributed by atoms with Crippen LogP contribution >= 0.6 is 0 Å². The van der Waals surface area contributed by atoms with Crippen LogP contribution < -0.4 is 0 Å². The molecule has 1 aliphatic heterocycles. The van der Waals surface area contributed by atoms with Crippen LogP contribution in [0.15, 0.2) is 30.5 Å². The number of carboxylic acids is 1. The minimum atomic E-state index is -0.996. The summed E-state index contributed by atoms with van der Waals surface area (Å²) >= 11 is 0. The highest BCUT2D eigenvalue weighted by molar-refractivity contribution is 6.04. The number of benzene rings is 1. The first-order valence-electron chi connectivity index (χ1n) is 11.9. The summed E-state index contributed by atoms with van der Waals surface area (Å²) in [6.45, 7) is 3.70. The molecule has 1 aromatic carbocycles. The fourth-order valence-corrected chi connectivity index (χ4v) is 4.23.